The number of hydrogen-bond acceptors (Lipinski definition) is 4. The number of aromatic nitrogens is 2. The first-order chi connectivity index (χ1) is 13.1. The summed E-state index contributed by atoms with van der Waals surface area (Å²) in [5.41, 5.74) is 2.97. The van der Waals surface area contributed by atoms with Crippen molar-refractivity contribution in [3.05, 3.63) is 76.8 Å². The van der Waals surface area contributed by atoms with Crippen molar-refractivity contribution in [2.45, 2.75) is 19.9 Å². The van der Waals surface area contributed by atoms with E-state index in [4.69, 9.17) is 4.74 Å². The van der Waals surface area contributed by atoms with Gasteiger partial charge in [-0.3, -0.25) is 14.2 Å². The maximum absolute atomic E-state index is 12.3. The van der Waals surface area contributed by atoms with Crippen LogP contribution in [-0.4, -0.2) is 22.6 Å². The van der Waals surface area contributed by atoms with Crippen molar-refractivity contribution in [2.75, 3.05) is 12.4 Å². The number of ether oxygens (including phenoxy) is 1. The number of benzene rings is 2. The minimum atomic E-state index is -0.285. The van der Waals surface area contributed by atoms with Crippen molar-refractivity contribution in [2.24, 2.45) is 0 Å². The van der Waals surface area contributed by atoms with E-state index in [0.717, 1.165) is 17.7 Å². The quantitative estimate of drug-likeness (QED) is 0.730. The summed E-state index contributed by atoms with van der Waals surface area (Å²) < 4.78 is 6.40. The van der Waals surface area contributed by atoms with E-state index in [1.54, 1.807) is 19.2 Å². The molecular weight excluding hydrogens is 342 g/mol. The van der Waals surface area contributed by atoms with Crippen molar-refractivity contribution >= 4 is 11.6 Å². The van der Waals surface area contributed by atoms with Crippen LogP contribution < -0.4 is 15.6 Å². The van der Waals surface area contributed by atoms with Crippen molar-refractivity contribution < 1.29 is 9.53 Å². The number of hydrogen-bond donors (Lipinski definition) is 1. The van der Waals surface area contributed by atoms with Crippen LogP contribution in [0.2, 0.25) is 0 Å². The highest BCUT2D eigenvalue weighted by Crippen LogP contribution is 2.19. The highest BCUT2D eigenvalue weighted by molar-refractivity contribution is 5.90. The molecule has 0 spiro atoms. The largest absolute Gasteiger partial charge is 0.497 e. The Morgan fingerprint density at radius 1 is 1.11 bits per heavy atom. The molecule has 27 heavy (non-hydrogen) atoms. The van der Waals surface area contributed by atoms with E-state index in [1.165, 1.54) is 22.5 Å². The van der Waals surface area contributed by atoms with Crippen LogP contribution in [0, 0.1) is 0 Å². The van der Waals surface area contributed by atoms with E-state index in [0.29, 0.717) is 11.4 Å². The van der Waals surface area contributed by atoms with Crippen molar-refractivity contribution in [1.82, 2.24) is 9.55 Å². The van der Waals surface area contributed by atoms with E-state index in [2.05, 4.69) is 17.2 Å². The maximum Gasteiger partial charge on any atom is 0.254 e. The topological polar surface area (TPSA) is 73.2 Å². The lowest BCUT2D eigenvalue weighted by Crippen LogP contribution is -2.27. The molecule has 0 saturated carbocycles. The van der Waals surface area contributed by atoms with E-state index >= 15 is 0 Å². The Labute approximate surface area is 157 Å². The molecule has 0 bridgehead atoms. The number of nitrogens with zero attached hydrogens (tertiary/aromatic N) is 2. The number of amides is 1. The molecule has 138 valence electrons. The van der Waals surface area contributed by atoms with Crippen LogP contribution in [0.5, 0.6) is 5.75 Å². The average Bonchev–Trinajstić information content (AvgIpc) is 2.70. The summed E-state index contributed by atoms with van der Waals surface area (Å²) >= 11 is 0. The zero-order valence-corrected chi connectivity index (χ0v) is 15.3. The molecule has 1 aromatic heterocycles. The molecule has 0 atom stereocenters. The van der Waals surface area contributed by atoms with Gasteiger partial charge in [-0.1, -0.05) is 19.1 Å². The minimum Gasteiger partial charge on any atom is -0.497 e. The second-order valence-corrected chi connectivity index (χ2v) is 6.07. The Balaban J connectivity index is 1.69. The first kappa shape index (κ1) is 18.4. The molecule has 0 saturated heterocycles. The third-order valence-electron chi connectivity index (χ3n) is 4.23. The average molecular weight is 363 g/mol. The molecule has 0 fully saturated rings. The summed E-state index contributed by atoms with van der Waals surface area (Å²) in [5, 5.41) is 2.79. The molecule has 0 aliphatic rings. The lowest BCUT2D eigenvalue weighted by molar-refractivity contribution is -0.116. The van der Waals surface area contributed by atoms with Gasteiger partial charge in [-0.15, -0.1) is 0 Å². The fourth-order valence-corrected chi connectivity index (χ4v) is 2.64. The SMILES string of the molecule is CCc1ccc(NC(=O)Cn2cnc(-c3ccc(OC)cc3)cc2=O)cc1. The van der Waals surface area contributed by atoms with Crippen molar-refractivity contribution in [3.63, 3.8) is 0 Å². The zero-order chi connectivity index (χ0) is 19.2. The molecule has 0 aliphatic carbocycles. The Morgan fingerprint density at radius 3 is 2.41 bits per heavy atom. The van der Waals surface area contributed by atoms with Crippen LogP contribution >= 0.6 is 0 Å². The van der Waals surface area contributed by atoms with Crippen LogP contribution in [-0.2, 0) is 17.8 Å². The normalized spacial score (nSPS) is 10.4. The summed E-state index contributed by atoms with van der Waals surface area (Å²) in [6.07, 6.45) is 2.33. The monoisotopic (exact) mass is 363 g/mol. The van der Waals surface area contributed by atoms with Gasteiger partial charge < -0.3 is 10.1 Å². The Bertz CT molecular complexity index is 977. The lowest BCUT2D eigenvalue weighted by Gasteiger charge is -2.09. The van der Waals surface area contributed by atoms with Crippen LogP contribution in [0.4, 0.5) is 5.69 Å². The predicted molar refractivity (Wildman–Crippen MR) is 105 cm³/mol. The van der Waals surface area contributed by atoms with Crippen LogP contribution in [0.1, 0.15) is 12.5 Å². The molecule has 6 heteroatoms. The molecule has 2 aromatic carbocycles. The first-order valence-electron chi connectivity index (χ1n) is 8.68. The number of anilines is 1. The number of nitrogens with one attached hydrogen (secondary N) is 1. The predicted octanol–water partition coefficient (Wildman–Crippen LogP) is 3.12. The first-order valence-corrected chi connectivity index (χ1v) is 8.68. The number of aryl methyl sites for hydroxylation is 1. The van der Waals surface area contributed by atoms with Crippen LogP contribution in [0.15, 0.2) is 65.7 Å². The number of carbonyl (C=O) groups is 1. The van der Waals surface area contributed by atoms with Crippen LogP contribution in [0.3, 0.4) is 0 Å². The molecule has 0 unspecified atom stereocenters. The summed E-state index contributed by atoms with van der Waals surface area (Å²) in [4.78, 5) is 28.8. The van der Waals surface area contributed by atoms with Crippen molar-refractivity contribution in [3.8, 4) is 17.0 Å². The summed E-state index contributed by atoms with van der Waals surface area (Å²) in [5.74, 6) is 0.455. The minimum absolute atomic E-state index is 0.0930. The molecule has 1 N–H and O–H groups in total. The van der Waals surface area contributed by atoms with Gasteiger partial charge in [0.1, 0.15) is 12.3 Å². The smallest absolute Gasteiger partial charge is 0.254 e. The van der Waals surface area contributed by atoms with Gasteiger partial charge in [-0.2, -0.15) is 0 Å². The van der Waals surface area contributed by atoms with Gasteiger partial charge in [-0.05, 0) is 48.4 Å². The summed E-state index contributed by atoms with van der Waals surface area (Å²) in [6, 6.07) is 16.3. The molecular formula is C21H21N3O3. The Hall–Kier alpha value is -3.41. The fourth-order valence-electron chi connectivity index (χ4n) is 2.64. The molecule has 6 nitrogen and oxygen atoms in total. The standard InChI is InChI=1S/C21H21N3O3/c1-3-15-4-8-17(9-5-15)23-20(25)13-24-14-22-19(12-21(24)26)16-6-10-18(27-2)11-7-16/h4-12,14H,3,13H2,1-2H3,(H,23,25). The van der Waals surface area contributed by atoms with E-state index in [1.807, 2.05) is 36.4 Å². The van der Waals surface area contributed by atoms with E-state index < -0.39 is 0 Å². The molecule has 3 rings (SSSR count). The van der Waals surface area contributed by atoms with Gasteiger partial charge in [0.05, 0.1) is 19.1 Å². The molecule has 0 aliphatic heterocycles. The number of methoxy groups -OCH3 is 1. The number of carbonyl (C=O) groups excluding carboxylic acids is 1. The second-order valence-electron chi connectivity index (χ2n) is 6.07. The van der Waals surface area contributed by atoms with Gasteiger partial charge >= 0.3 is 0 Å². The second kappa shape index (κ2) is 8.31. The van der Waals surface area contributed by atoms with Crippen molar-refractivity contribution in [1.29, 1.82) is 0 Å². The highest BCUT2D eigenvalue weighted by Gasteiger charge is 2.08. The number of rotatable bonds is 6. The van der Waals surface area contributed by atoms with Gasteiger partial charge in [0.25, 0.3) is 5.56 Å². The molecule has 0 radical (unpaired) electrons. The van der Waals surface area contributed by atoms with E-state index in [-0.39, 0.29) is 18.0 Å². The molecule has 1 heterocycles. The Kier molecular flexibility index (Phi) is 5.66. The lowest BCUT2D eigenvalue weighted by atomic mass is 10.1. The van der Waals surface area contributed by atoms with Crippen LogP contribution in [0.25, 0.3) is 11.3 Å². The molecule has 3 aromatic rings. The van der Waals surface area contributed by atoms with Gasteiger partial charge in [-0.25, -0.2) is 4.98 Å². The fraction of sp³-hybridized carbons (Fsp3) is 0.190. The highest BCUT2D eigenvalue weighted by atomic mass is 16.5. The van der Waals surface area contributed by atoms with Gasteiger partial charge in [0, 0.05) is 17.3 Å². The van der Waals surface area contributed by atoms with Gasteiger partial charge in [0.15, 0.2) is 0 Å². The Morgan fingerprint density at radius 2 is 1.81 bits per heavy atom. The van der Waals surface area contributed by atoms with E-state index in [9.17, 15) is 9.59 Å². The maximum atomic E-state index is 12.3. The zero-order valence-electron chi connectivity index (χ0n) is 15.3. The third kappa shape index (κ3) is 4.61. The molecule has 1 amide bonds. The van der Waals surface area contributed by atoms with Gasteiger partial charge in [0.2, 0.25) is 5.91 Å². The summed E-state index contributed by atoms with van der Waals surface area (Å²) in [6.45, 7) is 1.98. The third-order valence-corrected chi connectivity index (χ3v) is 4.23. The summed E-state index contributed by atoms with van der Waals surface area (Å²) in [7, 11) is 1.59.